The highest BCUT2D eigenvalue weighted by Gasteiger charge is 2.38. The molecule has 2 aliphatic rings. The topological polar surface area (TPSA) is 65.2 Å². The first kappa shape index (κ1) is 17.0. The van der Waals surface area contributed by atoms with E-state index in [0.717, 1.165) is 32.5 Å². The number of H-pyrrole nitrogens is 1. The van der Waals surface area contributed by atoms with Crippen LogP contribution in [0.2, 0.25) is 0 Å². The summed E-state index contributed by atoms with van der Waals surface area (Å²) in [6, 6.07) is 2.30. The van der Waals surface area contributed by atoms with Crippen LogP contribution in [0.25, 0.3) is 0 Å². The van der Waals surface area contributed by atoms with Gasteiger partial charge in [0.2, 0.25) is 10.0 Å². The van der Waals surface area contributed by atoms with E-state index in [1.54, 1.807) is 6.92 Å². The third-order valence-corrected chi connectivity index (χ3v) is 7.21. The number of nitrogens with one attached hydrogen (secondary N) is 2. The van der Waals surface area contributed by atoms with Gasteiger partial charge in [-0.3, -0.25) is 4.90 Å². The molecule has 1 saturated carbocycles. The van der Waals surface area contributed by atoms with Gasteiger partial charge in [-0.2, -0.15) is 0 Å². The van der Waals surface area contributed by atoms with Crippen LogP contribution < -0.4 is 4.72 Å². The smallest absolute Gasteiger partial charge is 0.211 e. The quantitative estimate of drug-likeness (QED) is 0.866. The molecule has 0 bridgehead atoms. The van der Waals surface area contributed by atoms with E-state index in [1.165, 1.54) is 31.2 Å². The molecule has 1 aromatic rings. The third kappa shape index (κ3) is 4.37. The lowest BCUT2D eigenvalue weighted by atomic mass is 9.67. The predicted molar refractivity (Wildman–Crippen MR) is 92.6 cm³/mol. The SMILES string of the molecule is CCS(=O)(=O)NC1CCC2(CC1)CCN(Cc1cc[nH]c1)CC2. The van der Waals surface area contributed by atoms with Gasteiger partial charge >= 0.3 is 0 Å². The Morgan fingerprint density at radius 1 is 1.26 bits per heavy atom. The first-order valence-electron chi connectivity index (χ1n) is 8.84. The molecule has 0 atom stereocenters. The van der Waals surface area contributed by atoms with Crippen molar-refractivity contribution in [1.29, 1.82) is 0 Å². The molecule has 0 aromatic carbocycles. The van der Waals surface area contributed by atoms with E-state index in [0.29, 0.717) is 5.41 Å². The molecular weight excluding hydrogens is 310 g/mol. The van der Waals surface area contributed by atoms with Crippen LogP contribution >= 0.6 is 0 Å². The molecule has 1 aromatic heterocycles. The molecule has 23 heavy (non-hydrogen) atoms. The zero-order chi connectivity index (χ0) is 16.3. The van der Waals surface area contributed by atoms with Crippen LogP contribution in [-0.4, -0.2) is 43.2 Å². The fourth-order valence-electron chi connectivity index (χ4n) is 4.09. The standard InChI is InChI=1S/C17H29N3O2S/c1-2-23(21,22)19-16-3-6-17(7-4-16)8-11-20(12-9-17)14-15-5-10-18-13-15/h5,10,13,16,18-19H,2-4,6-9,11-12,14H2,1H3. The minimum atomic E-state index is -3.06. The number of nitrogens with zero attached hydrogens (tertiary/aromatic N) is 1. The summed E-state index contributed by atoms with van der Waals surface area (Å²) < 4.78 is 26.3. The average molecular weight is 340 g/mol. The lowest BCUT2D eigenvalue weighted by Gasteiger charge is -2.46. The minimum Gasteiger partial charge on any atom is -0.367 e. The molecular formula is C17H29N3O2S. The Kier molecular flexibility index (Phi) is 5.13. The Labute approximate surface area is 139 Å². The fraction of sp³-hybridized carbons (Fsp3) is 0.765. The monoisotopic (exact) mass is 339 g/mol. The molecule has 5 nitrogen and oxygen atoms in total. The van der Waals surface area contributed by atoms with Gasteiger partial charge in [-0.15, -0.1) is 0 Å². The Hall–Kier alpha value is -0.850. The Balaban J connectivity index is 1.46. The van der Waals surface area contributed by atoms with Gasteiger partial charge < -0.3 is 4.98 Å². The number of sulfonamides is 1. The van der Waals surface area contributed by atoms with Crippen molar-refractivity contribution in [2.24, 2.45) is 5.41 Å². The molecule has 1 aliphatic carbocycles. The summed E-state index contributed by atoms with van der Waals surface area (Å²) in [4.78, 5) is 5.66. The van der Waals surface area contributed by atoms with E-state index < -0.39 is 10.0 Å². The van der Waals surface area contributed by atoms with E-state index in [2.05, 4.69) is 26.9 Å². The van der Waals surface area contributed by atoms with Crippen LogP contribution in [0.3, 0.4) is 0 Å². The fourth-order valence-corrected chi connectivity index (χ4v) is 5.00. The van der Waals surface area contributed by atoms with E-state index in [9.17, 15) is 8.42 Å². The van der Waals surface area contributed by atoms with E-state index >= 15 is 0 Å². The predicted octanol–water partition coefficient (Wildman–Crippen LogP) is 2.48. The minimum absolute atomic E-state index is 0.156. The highest BCUT2D eigenvalue weighted by Crippen LogP contribution is 2.44. The van der Waals surface area contributed by atoms with E-state index in [4.69, 9.17) is 0 Å². The maximum absolute atomic E-state index is 11.7. The Morgan fingerprint density at radius 3 is 2.52 bits per heavy atom. The summed E-state index contributed by atoms with van der Waals surface area (Å²) in [7, 11) is -3.06. The lowest BCUT2D eigenvalue weighted by Crippen LogP contribution is -2.45. The summed E-state index contributed by atoms with van der Waals surface area (Å²) in [5, 5.41) is 0. The van der Waals surface area contributed by atoms with Crippen molar-refractivity contribution in [3.05, 3.63) is 24.0 Å². The summed E-state index contributed by atoms with van der Waals surface area (Å²) in [6.07, 6.45) is 10.9. The molecule has 2 heterocycles. The van der Waals surface area contributed by atoms with Crippen LogP contribution in [0, 0.1) is 5.41 Å². The van der Waals surface area contributed by atoms with Crippen molar-refractivity contribution in [1.82, 2.24) is 14.6 Å². The highest BCUT2D eigenvalue weighted by molar-refractivity contribution is 7.89. The zero-order valence-corrected chi connectivity index (χ0v) is 14.9. The lowest BCUT2D eigenvalue weighted by molar-refractivity contribution is 0.0577. The van der Waals surface area contributed by atoms with Gasteiger partial charge in [-0.25, -0.2) is 13.1 Å². The van der Waals surface area contributed by atoms with Crippen molar-refractivity contribution >= 4 is 10.0 Å². The van der Waals surface area contributed by atoms with Gasteiger partial charge in [0, 0.05) is 25.0 Å². The second-order valence-electron chi connectivity index (χ2n) is 7.29. The van der Waals surface area contributed by atoms with E-state index in [-0.39, 0.29) is 11.8 Å². The summed E-state index contributed by atoms with van der Waals surface area (Å²) in [6.45, 7) is 5.07. The molecule has 0 radical (unpaired) electrons. The first-order chi connectivity index (χ1) is 11.0. The molecule has 1 saturated heterocycles. The molecule has 0 unspecified atom stereocenters. The molecule has 6 heteroatoms. The number of hydrogen-bond donors (Lipinski definition) is 2. The van der Waals surface area contributed by atoms with E-state index in [1.807, 2.05) is 6.20 Å². The molecule has 3 rings (SSSR count). The maximum Gasteiger partial charge on any atom is 0.211 e. The normalized spacial score (nSPS) is 23.3. The Morgan fingerprint density at radius 2 is 1.96 bits per heavy atom. The van der Waals surface area contributed by atoms with Crippen molar-refractivity contribution in [2.75, 3.05) is 18.8 Å². The second kappa shape index (κ2) is 6.95. The number of likely N-dealkylation sites (tertiary alicyclic amines) is 1. The molecule has 2 N–H and O–H groups in total. The third-order valence-electron chi connectivity index (χ3n) is 5.76. The first-order valence-corrected chi connectivity index (χ1v) is 10.5. The molecule has 130 valence electrons. The molecule has 1 spiro atoms. The number of piperidine rings is 1. The van der Waals surface area contributed by atoms with Gasteiger partial charge in [0.05, 0.1) is 5.75 Å². The van der Waals surface area contributed by atoms with Crippen molar-refractivity contribution in [3.8, 4) is 0 Å². The van der Waals surface area contributed by atoms with Crippen molar-refractivity contribution in [2.45, 2.75) is 58.0 Å². The summed E-state index contributed by atoms with van der Waals surface area (Å²) in [5.41, 5.74) is 1.82. The number of rotatable bonds is 5. The molecule has 1 aliphatic heterocycles. The van der Waals surface area contributed by atoms with Crippen LogP contribution in [0.1, 0.15) is 51.0 Å². The second-order valence-corrected chi connectivity index (χ2v) is 9.33. The van der Waals surface area contributed by atoms with Gasteiger partial charge in [0.15, 0.2) is 0 Å². The molecule has 0 amide bonds. The van der Waals surface area contributed by atoms with Gasteiger partial charge in [-0.1, -0.05) is 0 Å². The van der Waals surface area contributed by atoms with Crippen LogP contribution in [0.5, 0.6) is 0 Å². The highest BCUT2D eigenvalue weighted by atomic mass is 32.2. The van der Waals surface area contributed by atoms with Crippen LogP contribution in [-0.2, 0) is 16.6 Å². The maximum atomic E-state index is 11.7. The van der Waals surface area contributed by atoms with Gasteiger partial charge in [-0.05, 0) is 75.6 Å². The summed E-state index contributed by atoms with van der Waals surface area (Å²) in [5.74, 6) is 0.183. The largest absolute Gasteiger partial charge is 0.367 e. The summed E-state index contributed by atoms with van der Waals surface area (Å²) >= 11 is 0. The number of aromatic nitrogens is 1. The van der Waals surface area contributed by atoms with Gasteiger partial charge in [0.1, 0.15) is 0 Å². The Bertz CT molecular complexity index is 579. The van der Waals surface area contributed by atoms with Gasteiger partial charge in [0.25, 0.3) is 0 Å². The average Bonchev–Trinajstić information content (AvgIpc) is 3.05. The van der Waals surface area contributed by atoms with Crippen LogP contribution in [0.4, 0.5) is 0 Å². The number of hydrogen-bond acceptors (Lipinski definition) is 3. The van der Waals surface area contributed by atoms with Crippen molar-refractivity contribution < 1.29 is 8.42 Å². The van der Waals surface area contributed by atoms with Crippen LogP contribution in [0.15, 0.2) is 18.5 Å². The molecule has 2 fully saturated rings. The van der Waals surface area contributed by atoms with Crippen molar-refractivity contribution in [3.63, 3.8) is 0 Å². The zero-order valence-electron chi connectivity index (χ0n) is 14.1. The number of aromatic amines is 1.